The van der Waals surface area contributed by atoms with Gasteiger partial charge in [-0.15, -0.1) is 0 Å². The number of nitrogens with one attached hydrogen (secondary N) is 2. The average molecular weight is 375 g/mol. The van der Waals surface area contributed by atoms with Crippen molar-refractivity contribution in [1.29, 1.82) is 0 Å². The van der Waals surface area contributed by atoms with Crippen LogP contribution in [0.15, 0.2) is 24.7 Å². The molecule has 1 fully saturated rings. The molecule has 6 nitrogen and oxygen atoms in total. The van der Waals surface area contributed by atoms with Gasteiger partial charge in [0.1, 0.15) is 5.65 Å². The highest BCUT2D eigenvalue weighted by Gasteiger charge is 2.22. The van der Waals surface area contributed by atoms with Crippen LogP contribution in [-0.2, 0) is 0 Å². The summed E-state index contributed by atoms with van der Waals surface area (Å²) in [6.45, 7) is 0.607. The van der Waals surface area contributed by atoms with Crippen LogP contribution in [0.4, 0.5) is 10.2 Å². The Kier molecular flexibility index (Phi) is 4.74. The summed E-state index contributed by atoms with van der Waals surface area (Å²) in [6.07, 6.45) is 8.91. The predicted octanol–water partition coefficient (Wildman–Crippen LogP) is 3.74. The number of hydrogen-bond donors (Lipinski definition) is 3. The molecule has 0 saturated heterocycles. The molecule has 0 aromatic carbocycles. The predicted molar refractivity (Wildman–Crippen MR) is 101 cm³/mol. The molecule has 1 saturated carbocycles. The highest BCUT2D eigenvalue weighted by atomic mass is 35.5. The minimum absolute atomic E-state index is 0.155. The van der Waals surface area contributed by atoms with Gasteiger partial charge >= 0.3 is 0 Å². The molecule has 4 rings (SSSR count). The topological polar surface area (TPSA) is 92.5 Å². The molecule has 136 valence electrons. The zero-order chi connectivity index (χ0) is 18.1. The maximum absolute atomic E-state index is 14.2. The molecule has 3 heterocycles. The van der Waals surface area contributed by atoms with Crippen molar-refractivity contribution in [3.63, 3.8) is 0 Å². The van der Waals surface area contributed by atoms with Gasteiger partial charge in [-0.3, -0.25) is 0 Å². The van der Waals surface area contributed by atoms with Crippen LogP contribution in [0.5, 0.6) is 0 Å². The number of H-pyrrole nitrogens is 1. The van der Waals surface area contributed by atoms with Gasteiger partial charge in [0.15, 0.2) is 17.5 Å². The first-order chi connectivity index (χ1) is 12.6. The monoisotopic (exact) mass is 374 g/mol. The van der Waals surface area contributed by atoms with Crippen LogP contribution < -0.4 is 11.1 Å². The lowest BCUT2D eigenvalue weighted by Gasteiger charge is -2.28. The Morgan fingerprint density at radius 2 is 2.12 bits per heavy atom. The summed E-state index contributed by atoms with van der Waals surface area (Å²) in [5.74, 6) is 0.459. The number of hydrogen-bond acceptors (Lipinski definition) is 5. The van der Waals surface area contributed by atoms with Gasteiger partial charge in [0, 0.05) is 35.9 Å². The van der Waals surface area contributed by atoms with Gasteiger partial charge in [0.2, 0.25) is 0 Å². The molecule has 2 atom stereocenters. The average Bonchev–Trinajstić information content (AvgIpc) is 3.05. The highest BCUT2D eigenvalue weighted by molar-refractivity contribution is 6.31. The zero-order valence-electron chi connectivity index (χ0n) is 14.2. The second-order valence-corrected chi connectivity index (χ2v) is 7.17. The number of fused-ring (bicyclic) bond motifs is 1. The second kappa shape index (κ2) is 7.17. The van der Waals surface area contributed by atoms with Crippen molar-refractivity contribution in [2.45, 2.75) is 31.7 Å². The fraction of sp³-hybridized carbons (Fsp3) is 0.389. The molecule has 0 amide bonds. The first-order valence-electron chi connectivity index (χ1n) is 8.77. The van der Waals surface area contributed by atoms with E-state index in [1.165, 1.54) is 19.0 Å². The molecule has 2 unspecified atom stereocenters. The van der Waals surface area contributed by atoms with Crippen LogP contribution in [0.1, 0.15) is 25.7 Å². The van der Waals surface area contributed by atoms with Crippen LogP contribution in [0, 0.1) is 11.7 Å². The Bertz CT molecular complexity index is 927. The molecule has 0 aliphatic heterocycles. The van der Waals surface area contributed by atoms with E-state index in [1.807, 2.05) is 0 Å². The molecule has 26 heavy (non-hydrogen) atoms. The summed E-state index contributed by atoms with van der Waals surface area (Å²) >= 11 is 6.04. The molecule has 0 bridgehead atoms. The lowest BCUT2D eigenvalue weighted by molar-refractivity contribution is 0.321. The van der Waals surface area contributed by atoms with Gasteiger partial charge in [-0.1, -0.05) is 24.4 Å². The molecule has 3 aromatic heterocycles. The van der Waals surface area contributed by atoms with E-state index in [-0.39, 0.29) is 11.9 Å². The molecule has 8 heteroatoms. The van der Waals surface area contributed by atoms with E-state index in [9.17, 15) is 4.39 Å². The Balaban J connectivity index is 1.60. The Hall–Kier alpha value is -2.25. The van der Waals surface area contributed by atoms with Crippen molar-refractivity contribution in [2.75, 3.05) is 11.9 Å². The smallest absolute Gasteiger partial charge is 0.183 e. The van der Waals surface area contributed by atoms with E-state index in [4.69, 9.17) is 17.3 Å². The normalized spacial score (nSPS) is 20.4. The quantitative estimate of drug-likeness (QED) is 0.646. The molecule has 0 radical (unpaired) electrons. The number of pyridine rings is 1. The summed E-state index contributed by atoms with van der Waals surface area (Å²) in [7, 11) is 0. The summed E-state index contributed by atoms with van der Waals surface area (Å²) in [5, 5.41) is 4.43. The zero-order valence-corrected chi connectivity index (χ0v) is 14.9. The fourth-order valence-corrected chi connectivity index (χ4v) is 3.66. The molecular weight excluding hydrogens is 355 g/mol. The summed E-state index contributed by atoms with van der Waals surface area (Å²) < 4.78 is 14.2. The van der Waals surface area contributed by atoms with Gasteiger partial charge in [-0.2, -0.15) is 0 Å². The SMILES string of the molecule is NC1CCCCC1CNc1nc(-c2c[nH]c3ncc(Cl)cc23)ncc1F. The Morgan fingerprint density at radius 1 is 1.27 bits per heavy atom. The number of aromatic nitrogens is 4. The third kappa shape index (κ3) is 3.37. The number of aromatic amines is 1. The van der Waals surface area contributed by atoms with Crippen molar-refractivity contribution in [1.82, 2.24) is 19.9 Å². The first kappa shape index (κ1) is 17.2. The van der Waals surface area contributed by atoms with E-state index in [2.05, 4.69) is 25.3 Å². The Labute approximate surface area is 155 Å². The number of halogens is 2. The van der Waals surface area contributed by atoms with E-state index < -0.39 is 5.82 Å². The van der Waals surface area contributed by atoms with E-state index in [1.54, 1.807) is 18.5 Å². The first-order valence-corrected chi connectivity index (χ1v) is 9.14. The number of nitrogens with two attached hydrogens (primary N) is 1. The molecule has 3 aromatic rings. The van der Waals surface area contributed by atoms with E-state index >= 15 is 0 Å². The summed E-state index contributed by atoms with van der Waals surface area (Å²) in [4.78, 5) is 15.8. The number of nitrogens with zero attached hydrogens (tertiary/aromatic N) is 3. The number of anilines is 1. The Morgan fingerprint density at radius 3 is 2.96 bits per heavy atom. The minimum Gasteiger partial charge on any atom is -0.367 e. The third-order valence-corrected chi connectivity index (χ3v) is 5.19. The molecule has 0 spiro atoms. The van der Waals surface area contributed by atoms with E-state index in [0.29, 0.717) is 29.0 Å². The molecule has 4 N–H and O–H groups in total. The summed E-state index contributed by atoms with van der Waals surface area (Å²) in [6, 6.07) is 1.94. The van der Waals surface area contributed by atoms with Crippen molar-refractivity contribution in [3.05, 3.63) is 35.5 Å². The maximum atomic E-state index is 14.2. The van der Waals surface area contributed by atoms with Crippen LogP contribution >= 0.6 is 11.6 Å². The van der Waals surface area contributed by atoms with Crippen LogP contribution in [0.2, 0.25) is 5.02 Å². The largest absolute Gasteiger partial charge is 0.367 e. The molecular formula is C18H20ClFN6. The van der Waals surface area contributed by atoms with Gasteiger partial charge in [-0.05, 0) is 24.8 Å². The minimum atomic E-state index is -0.478. The van der Waals surface area contributed by atoms with Crippen molar-refractivity contribution in [3.8, 4) is 11.4 Å². The van der Waals surface area contributed by atoms with Crippen molar-refractivity contribution < 1.29 is 4.39 Å². The van der Waals surface area contributed by atoms with Crippen molar-refractivity contribution >= 4 is 28.5 Å². The highest BCUT2D eigenvalue weighted by Crippen LogP contribution is 2.28. The molecule has 1 aliphatic carbocycles. The maximum Gasteiger partial charge on any atom is 0.183 e. The van der Waals surface area contributed by atoms with Gasteiger partial charge in [0.25, 0.3) is 0 Å². The third-order valence-electron chi connectivity index (χ3n) is 4.98. The summed E-state index contributed by atoms with van der Waals surface area (Å²) in [5.41, 5.74) is 7.58. The van der Waals surface area contributed by atoms with Crippen molar-refractivity contribution in [2.24, 2.45) is 11.7 Å². The fourth-order valence-electron chi connectivity index (χ4n) is 3.50. The van der Waals surface area contributed by atoms with Crippen LogP contribution in [0.25, 0.3) is 22.4 Å². The van der Waals surface area contributed by atoms with E-state index in [0.717, 1.165) is 23.8 Å². The van der Waals surface area contributed by atoms with Gasteiger partial charge in [0.05, 0.1) is 11.2 Å². The molecule has 1 aliphatic rings. The van der Waals surface area contributed by atoms with Gasteiger partial charge < -0.3 is 16.0 Å². The lowest BCUT2D eigenvalue weighted by Crippen LogP contribution is -2.37. The van der Waals surface area contributed by atoms with Crippen LogP contribution in [-0.4, -0.2) is 32.5 Å². The number of rotatable bonds is 4. The lowest BCUT2D eigenvalue weighted by atomic mass is 9.85. The van der Waals surface area contributed by atoms with Crippen LogP contribution in [0.3, 0.4) is 0 Å². The second-order valence-electron chi connectivity index (χ2n) is 6.73. The van der Waals surface area contributed by atoms with Gasteiger partial charge in [-0.25, -0.2) is 19.3 Å². The standard InChI is InChI=1S/C18H20ClFN6/c19-11-5-12-13(8-24-16(12)23-7-11)17-25-9-14(20)18(26-17)22-6-10-3-1-2-4-15(10)21/h5,7-10,15H,1-4,6,21H2,(H,23,24)(H,22,25,26).